The van der Waals surface area contributed by atoms with Crippen LogP contribution in [0, 0.1) is 23.3 Å². The predicted molar refractivity (Wildman–Crippen MR) is 88.4 cm³/mol. The van der Waals surface area contributed by atoms with Gasteiger partial charge in [-0.05, 0) is 43.4 Å². The SMILES string of the molecule is CCCCC#CC1=C(/C=C\C#C[Si](C)(C)C)CCC1. The van der Waals surface area contributed by atoms with Crippen molar-refractivity contribution in [3.8, 4) is 23.3 Å². The molecule has 1 aliphatic carbocycles. The molecule has 1 aliphatic rings. The summed E-state index contributed by atoms with van der Waals surface area (Å²) in [7, 11) is -1.24. The van der Waals surface area contributed by atoms with E-state index in [1.165, 1.54) is 36.8 Å². The van der Waals surface area contributed by atoms with Gasteiger partial charge in [0, 0.05) is 12.0 Å². The molecule has 0 unspecified atom stereocenters. The molecule has 0 amide bonds. The lowest BCUT2D eigenvalue weighted by atomic mass is 10.1. The summed E-state index contributed by atoms with van der Waals surface area (Å²) in [5.74, 6) is 9.86. The normalized spacial score (nSPS) is 15.2. The van der Waals surface area contributed by atoms with E-state index in [4.69, 9.17) is 0 Å². The van der Waals surface area contributed by atoms with Crippen molar-refractivity contribution >= 4 is 8.07 Å². The van der Waals surface area contributed by atoms with E-state index in [1.807, 2.05) is 6.08 Å². The maximum atomic E-state index is 3.36. The second kappa shape index (κ2) is 8.08. The Morgan fingerprint density at radius 2 is 2.00 bits per heavy atom. The first kappa shape index (κ1) is 15.9. The van der Waals surface area contributed by atoms with Gasteiger partial charge in [0.1, 0.15) is 8.07 Å². The Balaban J connectivity index is 2.64. The maximum Gasteiger partial charge on any atom is 0.129 e. The highest BCUT2D eigenvalue weighted by atomic mass is 28.3. The van der Waals surface area contributed by atoms with E-state index in [-0.39, 0.29) is 0 Å². The summed E-state index contributed by atoms with van der Waals surface area (Å²) in [6.07, 6.45) is 11.3. The molecule has 19 heavy (non-hydrogen) atoms. The molecule has 0 fully saturated rings. The minimum atomic E-state index is -1.24. The molecule has 0 aromatic carbocycles. The summed E-state index contributed by atoms with van der Waals surface area (Å²) >= 11 is 0. The summed E-state index contributed by atoms with van der Waals surface area (Å²) in [5.41, 5.74) is 6.12. The highest BCUT2D eigenvalue weighted by molar-refractivity contribution is 6.83. The molecule has 0 N–H and O–H groups in total. The molecular formula is C18H26Si. The van der Waals surface area contributed by atoms with Crippen LogP contribution in [-0.4, -0.2) is 8.07 Å². The molecule has 0 radical (unpaired) electrons. The Hall–Kier alpha value is -1.18. The van der Waals surface area contributed by atoms with Gasteiger partial charge in [-0.2, -0.15) is 0 Å². The molecule has 0 bridgehead atoms. The van der Waals surface area contributed by atoms with E-state index in [2.05, 4.69) is 55.9 Å². The van der Waals surface area contributed by atoms with Gasteiger partial charge in [-0.25, -0.2) is 0 Å². The van der Waals surface area contributed by atoms with E-state index in [0.717, 1.165) is 12.8 Å². The molecule has 0 aromatic rings. The van der Waals surface area contributed by atoms with E-state index < -0.39 is 8.07 Å². The number of hydrogen-bond donors (Lipinski definition) is 0. The number of allylic oxidation sites excluding steroid dienone is 4. The fourth-order valence-electron chi connectivity index (χ4n) is 1.93. The molecule has 1 heteroatoms. The Morgan fingerprint density at radius 3 is 2.68 bits per heavy atom. The lowest BCUT2D eigenvalue weighted by Gasteiger charge is -2.02. The van der Waals surface area contributed by atoms with Crippen LogP contribution in [0.1, 0.15) is 45.4 Å². The van der Waals surface area contributed by atoms with Gasteiger partial charge in [-0.1, -0.05) is 50.7 Å². The van der Waals surface area contributed by atoms with Crippen LogP contribution in [0.25, 0.3) is 0 Å². The van der Waals surface area contributed by atoms with Crippen LogP contribution < -0.4 is 0 Å². The summed E-state index contributed by atoms with van der Waals surface area (Å²) in [6.45, 7) is 9.02. The molecule has 0 nitrogen and oxygen atoms in total. The van der Waals surface area contributed by atoms with Gasteiger partial charge >= 0.3 is 0 Å². The Labute approximate surface area is 120 Å². The van der Waals surface area contributed by atoms with Gasteiger partial charge < -0.3 is 0 Å². The summed E-state index contributed by atoms with van der Waals surface area (Å²) in [4.78, 5) is 0. The quantitative estimate of drug-likeness (QED) is 0.380. The zero-order valence-corrected chi connectivity index (χ0v) is 13.9. The Morgan fingerprint density at radius 1 is 1.21 bits per heavy atom. The van der Waals surface area contributed by atoms with Gasteiger partial charge in [0.2, 0.25) is 0 Å². The van der Waals surface area contributed by atoms with Crippen LogP contribution in [0.2, 0.25) is 19.6 Å². The Kier molecular flexibility index (Phi) is 6.75. The molecule has 102 valence electrons. The van der Waals surface area contributed by atoms with Gasteiger partial charge in [0.05, 0.1) is 0 Å². The maximum absolute atomic E-state index is 3.36. The van der Waals surface area contributed by atoms with Crippen molar-refractivity contribution in [1.29, 1.82) is 0 Å². The third kappa shape index (κ3) is 7.09. The average Bonchev–Trinajstić information content (AvgIpc) is 2.77. The third-order valence-electron chi connectivity index (χ3n) is 2.97. The minimum absolute atomic E-state index is 1.03. The van der Waals surface area contributed by atoms with E-state index in [9.17, 15) is 0 Å². The zero-order chi connectivity index (χ0) is 14.1. The number of rotatable bonds is 3. The first-order valence-corrected chi connectivity index (χ1v) is 10.9. The summed E-state index contributed by atoms with van der Waals surface area (Å²) in [5, 5.41) is 0. The van der Waals surface area contributed by atoms with Crippen LogP contribution >= 0.6 is 0 Å². The van der Waals surface area contributed by atoms with Crippen LogP contribution in [0.4, 0.5) is 0 Å². The average molecular weight is 270 g/mol. The third-order valence-corrected chi connectivity index (χ3v) is 3.86. The highest BCUT2D eigenvalue weighted by Crippen LogP contribution is 2.26. The second-order valence-electron chi connectivity index (χ2n) is 6.12. The van der Waals surface area contributed by atoms with Crippen LogP contribution in [0.15, 0.2) is 23.3 Å². The van der Waals surface area contributed by atoms with Crippen molar-refractivity contribution in [2.75, 3.05) is 0 Å². The molecule has 0 saturated carbocycles. The number of hydrogen-bond acceptors (Lipinski definition) is 0. The molecule has 1 rings (SSSR count). The van der Waals surface area contributed by atoms with Gasteiger partial charge in [0.25, 0.3) is 0 Å². The van der Waals surface area contributed by atoms with Crippen LogP contribution in [0.3, 0.4) is 0 Å². The standard InChI is InChI=1S/C18H26Si/c1-5-6-7-8-12-17-14-11-15-18(17)13-9-10-16-19(2,3)4/h9,13H,5-7,11,14-15H2,1-4H3/b13-9-. The van der Waals surface area contributed by atoms with Crippen molar-refractivity contribution in [1.82, 2.24) is 0 Å². The first-order valence-electron chi connectivity index (χ1n) is 7.43. The lowest BCUT2D eigenvalue weighted by molar-refractivity contribution is 0.828. The van der Waals surface area contributed by atoms with Crippen molar-refractivity contribution in [3.63, 3.8) is 0 Å². The number of unbranched alkanes of at least 4 members (excludes halogenated alkanes) is 2. The van der Waals surface area contributed by atoms with Crippen molar-refractivity contribution in [3.05, 3.63) is 23.3 Å². The highest BCUT2D eigenvalue weighted by Gasteiger charge is 2.10. The van der Waals surface area contributed by atoms with Gasteiger partial charge in [-0.15, -0.1) is 5.54 Å². The summed E-state index contributed by atoms with van der Waals surface area (Å²) < 4.78 is 0. The summed E-state index contributed by atoms with van der Waals surface area (Å²) in [6, 6.07) is 0. The van der Waals surface area contributed by atoms with Crippen molar-refractivity contribution in [2.24, 2.45) is 0 Å². The van der Waals surface area contributed by atoms with Gasteiger partial charge in [-0.3, -0.25) is 0 Å². The van der Waals surface area contributed by atoms with E-state index in [0.29, 0.717) is 0 Å². The smallest absolute Gasteiger partial charge is 0.127 e. The molecule has 0 atom stereocenters. The largest absolute Gasteiger partial charge is 0.129 e. The fraction of sp³-hybridized carbons (Fsp3) is 0.556. The van der Waals surface area contributed by atoms with Crippen LogP contribution in [-0.2, 0) is 0 Å². The Bertz CT molecular complexity index is 464. The predicted octanol–water partition coefficient (Wildman–Crippen LogP) is 5.10. The molecule has 0 aliphatic heterocycles. The molecule has 0 heterocycles. The van der Waals surface area contributed by atoms with E-state index >= 15 is 0 Å². The molecule has 0 saturated heterocycles. The molecular weight excluding hydrogens is 244 g/mol. The second-order valence-corrected chi connectivity index (χ2v) is 10.9. The first-order chi connectivity index (χ1) is 9.03. The minimum Gasteiger partial charge on any atom is -0.127 e. The van der Waals surface area contributed by atoms with Crippen LogP contribution in [0.5, 0.6) is 0 Å². The van der Waals surface area contributed by atoms with Crippen molar-refractivity contribution in [2.45, 2.75) is 65.1 Å². The van der Waals surface area contributed by atoms with E-state index in [1.54, 1.807) is 0 Å². The topological polar surface area (TPSA) is 0 Å². The van der Waals surface area contributed by atoms with Gasteiger partial charge in [0.15, 0.2) is 0 Å². The van der Waals surface area contributed by atoms with Crippen molar-refractivity contribution < 1.29 is 0 Å². The fourth-order valence-corrected chi connectivity index (χ4v) is 2.44. The molecule has 0 spiro atoms. The zero-order valence-electron chi connectivity index (χ0n) is 12.9. The lowest BCUT2D eigenvalue weighted by Crippen LogP contribution is -2.16. The monoisotopic (exact) mass is 270 g/mol. The molecule has 0 aromatic heterocycles.